The fourth-order valence-corrected chi connectivity index (χ4v) is 4.64. The van der Waals surface area contributed by atoms with Crippen LogP contribution in [0, 0.1) is 0 Å². The first-order chi connectivity index (χ1) is 15.9. The van der Waals surface area contributed by atoms with E-state index in [-0.39, 0.29) is 28.7 Å². The van der Waals surface area contributed by atoms with Crippen LogP contribution in [-0.4, -0.2) is 42.6 Å². The Labute approximate surface area is 191 Å². The van der Waals surface area contributed by atoms with Crippen molar-refractivity contribution < 1.29 is 19.5 Å². The fraction of sp³-hybridized carbons (Fsp3) is 0.182. The van der Waals surface area contributed by atoms with Crippen LogP contribution in [0.25, 0.3) is 11.0 Å². The quantitative estimate of drug-likeness (QED) is 0.414. The van der Waals surface area contributed by atoms with Gasteiger partial charge in [-0.3, -0.25) is 9.59 Å². The summed E-state index contributed by atoms with van der Waals surface area (Å²) in [5.74, 6) is -1.33. The number of aromatic nitrogens is 4. The number of aryl methyl sites for hydroxylation is 2. The number of nitrogens with one attached hydrogen (secondary N) is 2. The Balaban J connectivity index is 1.41. The number of carboxylic acids is 1. The molecular formula is C22H18N6O4S. The van der Waals surface area contributed by atoms with Crippen LogP contribution in [0.1, 0.15) is 54.8 Å². The van der Waals surface area contributed by atoms with E-state index in [1.807, 2.05) is 5.38 Å². The standard InChI is InChI=1S/C22H18N6O4S/c1-28-19(26-20(29)13-6-7-33-9-13)17-16(27-28)18(24-10-23-17)21(30)25-15-5-3-11-8-12(22(31)32)2-4-14(11)15/h2,4,6-10,15H,3,5H2,1H3,(H,25,30)(H,26,29)(H,31,32)/t15-/m0/s1. The number of thiophene rings is 1. The zero-order valence-corrected chi connectivity index (χ0v) is 18.2. The van der Waals surface area contributed by atoms with Crippen LogP contribution in [0.2, 0.25) is 0 Å². The molecule has 166 valence electrons. The number of hydrogen-bond donors (Lipinski definition) is 3. The normalized spacial score (nSPS) is 14.8. The van der Waals surface area contributed by atoms with Gasteiger partial charge < -0.3 is 15.7 Å². The molecule has 0 radical (unpaired) electrons. The summed E-state index contributed by atoms with van der Waals surface area (Å²) in [7, 11) is 1.65. The maximum atomic E-state index is 13.1. The number of benzene rings is 1. The van der Waals surface area contributed by atoms with Gasteiger partial charge in [0.1, 0.15) is 17.4 Å². The van der Waals surface area contributed by atoms with Crippen molar-refractivity contribution in [1.29, 1.82) is 0 Å². The van der Waals surface area contributed by atoms with Gasteiger partial charge >= 0.3 is 5.97 Å². The lowest BCUT2D eigenvalue weighted by atomic mass is 10.0. The topological polar surface area (TPSA) is 139 Å². The van der Waals surface area contributed by atoms with E-state index in [1.54, 1.807) is 30.6 Å². The van der Waals surface area contributed by atoms with Gasteiger partial charge in [0.25, 0.3) is 11.8 Å². The first kappa shape index (κ1) is 20.8. The van der Waals surface area contributed by atoms with Crippen LogP contribution in [0.3, 0.4) is 0 Å². The van der Waals surface area contributed by atoms with Crippen molar-refractivity contribution in [2.24, 2.45) is 7.05 Å². The van der Waals surface area contributed by atoms with E-state index in [1.165, 1.54) is 28.4 Å². The van der Waals surface area contributed by atoms with E-state index < -0.39 is 11.9 Å². The van der Waals surface area contributed by atoms with Gasteiger partial charge in [-0.2, -0.15) is 16.4 Å². The third kappa shape index (κ3) is 3.72. The number of nitrogens with zero attached hydrogens (tertiary/aromatic N) is 4. The van der Waals surface area contributed by atoms with E-state index in [0.29, 0.717) is 29.7 Å². The Morgan fingerprint density at radius 1 is 1.12 bits per heavy atom. The molecule has 11 heteroatoms. The number of anilines is 1. The molecule has 1 aromatic carbocycles. The van der Waals surface area contributed by atoms with Crippen LogP contribution >= 0.6 is 11.3 Å². The summed E-state index contributed by atoms with van der Waals surface area (Å²) in [6, 6.07) is 6.38. The van der Waals surface area contributed by atoms with E-state index >= 15 is 0 Å². The van der Waals surface area contributed by atoms with Crippen molar-refractivity contribution in [3.05, 3.63) is 69.3 Å². The summed E-state index contributed by atoms with van der Waals surface area (Å²) >= 11 is 1.42. The Hall–Kier alpha value is -4.12. The summed E-state index contributed by atoms with van der Waals surface area (Å²) in [4.78, 5) is 45.2. The van der Waals surface area contributed by atoms with Gasteiger partial charge in [0.2, 0.25) is 0 Å². The molecular weight excluding hydrogens is 444 g/mol. The minimum atomic E-state index is -0.981. The highest BCUT2D eigenvalue weighted by molar-refractivity contribution is 7.08. The molecule has 0 bridgehead atoms. The lowest BCUT2D eigenvalue weighted by molar-refractivity contribution is 0.0696. The predicted molar refractivity (Wildman–Crippen MR) is 121 cm³/mol. The second-order valence-electron chi connectivity index (χ2n) is 7.64. The molecule has 0 spiro atoms. The van der Waals surface area contributed by atoms with Gasteiger partial charge in [-0.1, -0.05) is 6.07 Å². The van der Waals surface area contributed by atoms with Crippen LogP contribution < -0.4 is 10.6 Å². The second kappa shape index (κ2) is 8.10. The molecule has 10 nitrogen and oxygen atoms in total. The molecule has 0 fully saturated rings. The number of carboxylic acid groups (broad SMARTS) is 1. The molecule has 1 atom stereocenters. The lowest BCUT2D eigenvalue weighted by Gasteiger charge is -2.14. The molecule has 3 heterocycles. The molecule has 4 aromatic rings. The van der Waals surface area contributed by atoms with Crippen molar-refractivity contribution in [3.63, 3.8) is 0 Å². The number of rotatable bonds is 5. The monoisotopic (exact) mass is 462 g/mol. The van der Waals surface area contributed by atoms with Gasteiger partial charge in [0.15, 0.2) is 11.5 Å². The molecule has 3 aromatic heterocycles. The van der Waals surface area contributed by atoms with Gasteiger partial charge in [0, 0.05) is 12.4 Å². The Morgan fingerprint density at radius 2 is 1.97 bits per heavy atom. The van der Waals surface area contributed by atoms with Crippen LogP contribution in [0.15, 0.2) is 41.4 Å². The summed E-state index contributed by atoms with van der Waals surface area (Å²) < 4.78 is 1.46. The maximum Gasteiger partial charge on any atom is 0.335 e. The van der Waals surface area contributed by atoms with E-state index in [2.05, 4.69) is 25.7 Å². The van der Waals surface area contributed by atoms with Crippen molar-refractivity contribution >= 4 is 46.0 Å². The molecule has 0 saturated carbocycles. The van der Waals surface area contributed by atoms with Gasteiger partial charge in [0.05, 0.1) is 17.2 Å². The largest absolute Gasteiger partial charge is 0.478 e. The van der Waals surface area contributed by atoms with Crippen molar-refractivity contribution in [1.82, 2.24) is 25.1 Å². The number of hydrogen-bond acceptors (Lipinski definition) is 7. The highest BCUT2D eigenvalue weighted by atomic mass is 32.1. The molecule has 1 aliphatic rings. The predicted octanol–water partition coefficient (Wildman–Crippen LogP) is 2.79. The first-order valence-electron chi connectivity index (χ1n) is 10.1. The molecule has 3 N–H and O–H groups in total. The minimum absolute atomic E-state index is 0.0993. The summed E-state index contributed by atoms with van der Waals surface area (Å²) in [5.41, 5.74) is 3.28. The number of amides is 2. The molecule has 2 amide bonds. The molecule has 33 heavy (non-hydrogen) atoms. The molecule has 0 unspecified atom stereocenters. The summed E-state index contributed by atoms with van der Waals surface area (Å²) in [5, 5.41) is 22.9. The zero-order valence-electron chi connectivity index (χ0n) is 17.4. The number of aromatic carboxylic acids is 1. The Morgan fingerprint density at radius 3 is 2.73 bits per heavy atom. The zero-order chi connectivity index (χ0) is 23.1. The second-order valence-corrected chi connectivity index (χ2v) is 8.42. The molecule has 5 rings (SSSR count). The summed E-state index contributed by atoms with van der Waals surface area (Å²) in [6.45, 7) is 0. The Kier molecular flexibility index (Phi) is 5.09. The SMILES string of the molecule is Cn1nc2c(C(=O)N[C@H]3CCc4cc(C(=O)O)ccc43)ncnc2c1NC(=O)c1ccsc1. The summed E-state index contributed by atoms with van der Waals surface area (Å²) in [6.07, 6.45) is 2.59. The number of carbonyl (C=O) groups excluding carboxylic acids is 2. The lowest BCUT2D eigenvalue weighted by Crippen LogP contribution is -2.28. The number of carbonyl (C=O) groups is 3. The smallest absolute Gasteiger partial charge is 0.335 e. The first-order valence-corrected chi connectivity index (χ1v) is 11.0. The van der Waals surface area contributed by atoms with Crippen molar-refractivity contribution in [2.75, 3.05) is 5.32 Å². The molecule has 0 saturated heterocycles. The third-order valence-electron chi connectivity index (χ3n) is 5.62. The van der Waals surface area contributed by atoms with E-state index in [4.69, 9.17) is 0 Å². The van der Waals surface area contributed by atoms with Crippen molar-refractivity contribution in [2.45, 2.75) is 18.9 Å². The molecule has 0 aliphatic heterocycles. The maximum absolute atomic E-state index is 13.1. The van der Waals surface area contributed by atoms with Crippen molar-refractivity contribution in [3.8, 4) is 0 Å². The molecule has 1 aliphatic carbocycles. The average molecular weight is 462 g/mol. The highest BCUT2D eigenvalue weighted by Gasteiger charge is 2.27. The van der Waals surface area contributed by atoms with E-state index in [9.17, 15) is 19.5 Å². The van der Waals surface area contributed by atoms with Crippen LogP contribution in [0.4, 0.5) is 5.82 Å². The highest BCUT2D eigenvalue weighted by Crippen LogP contribution is 2.32. The van der Waals surface area contributed by atoms with Gasteiger partial charge in [-0.05, 0) is 47.5 Å². The fourth-order valence-electron chi connectivity index (χ4n) is 4.01. The van der Waals surface area contributed by atoms with Gasteiger partial charge in [-0.25, -0.2) is 19.4 Å². The third-order valence-corrected chi connectivity index (χ3v) is 6.31. The number of fused-ring (bicyclic) bond motifs is 2. The van der Waals surface area contributed by atoms with Crippen LogP contribution in [-0.2, 0) is 13.5 Å². The minimum Gasteiger partial charge on any atom is -0.478 e. The van der Waals surface area contributed by atoms with E-state index in [0.717, 1.165) is 11.1 Å². The van der Waals surface area contributed by atoms with Gasteiger partial charge in [-0.15, -0.1) is 0 Å². The average Bonchev–Trinajstić information content (AvgIpc) is 3.53. The Bertz CT molecular complexity index is 1410. The van der Waals surface area contributed by atoms with Crippen LogP contribution in [0.5, 0.6) is 0 Å².